The number of aromatic nitrogens is 1. The first kappa shape index (κ1) is 10.7. The van der Waals surface area contributed by atoms with Crippen LogP contribution in [0, 0.1) is 0 Å². The lowest BCUT2D eigenvalue weighted by atomic mass is 10.3. The van der Waals surface area contributed by atoms with E-state index in [-0.39, 0.29) is 5.78 Å². The van der Waals surface area contributed by atoms with Gasteiger partial charge in [-0.2, -0.15) is 11.8 Å². The normalized spacial score (nSPS) is 10.7. The van der Waals surface area contributed by atoms with Crippen LogP contribution in [0.15, 0.2) is 11.6 Å². The second-order valence-corrected chi connectivity index (χ2v) is 5.54. The Morgan fingerprint density at radius 1 is 1.69 bits per heavy atom. The van der Waals surface area contributed by atoms with Gasteiger partial charge in [-0.15, -0.1) is 11.3 Å². The lowest BCUT2D eigenvalue weighted by Gasteiger charge is -2.02. The van der Waals surface area contributed by atoms with Gasteiger partial charge >= 0.3 is 0 Å². The van der Waals surface area contributed by atoms with E-state index < -0.39 is 0 Å². The molecule has 0 fully saturated rings. The summed E-state index contributed by atoms with van der Waals surface area (Å²) in [5, 5.41) is 3.35. The average molecular weight is 215 g/mol. The molecule has 13 heavy (non-hydrogen) atoms. The minimum atomic E-state index is 0.272. The van der Waals surface area contributed by atoms with Gasteiger partial charge in [0.15, 0.2) is 0 Å². The Kier molecular flexibility index (Phi) is 4.45. The zero-order chi connectivity index (χ0) is 9.68. The predicted molar refractivity (Wildman–Crippen MR) is 58.4 cm³/mol. The fourth-order valence-corrected chi connectivity index (χ4v) is 2.09. The van der Waals surface area contributed by atoms with Crippen molar-refractivity contribution in [3.63, 3.8) is 0 Å². The van der Waals surface area contributed by atoms with Crippen molar-refractivity contribution in [2.75, 3.05) is 5.75 Å². The number of carbonyl (C=O) groups is 1. The molecule has 0 aliphatic rings. The van der Waals surface area contributed by atoms with Gasteiger partial charge in [-0.3, -0.25) is 4.79 Å². The van der Waals surface area contributed by atoms with Gasteiger partial charge in [-0.25, -0.2) is 4.98 Å². The molecule has 0 radical (unpaired) electrons. The molecule has 1 aromatic heterocycles. The second kappa shape index (κ2) is 5.40. The standard InChI is InChI=1S/C9H13NOS2/c1-7(2)13-6-8(11)5-9-10-3-4-12-9/h3-4,7H,5-6H2,1-2H3. The summed E-state index contributed by atoms with van der Waals surface area (Å²) in [7, 11) is 0. The van der Waals surface area contributed by atoms with Crippen LogP contribution in [0.1, 0.15) is 18.9 Å². The molecule has 4 heteroatoms. The molecule has 2 nitrogen and oxygen atoms in total. The first-order valence-electron chi connectivity index (χ1n) is 4.20. The summed E-state index contributed by atoms with van der Waals surface area (Å²) in [6, 6.07) is 0. The van der Waals surface area contributed by atoms with Crippen LogP contribution in [0.5, 0.6) is 0 Å². The molecule has 1 rings (SSSR count). The molecule has 0 aliphatic heterocycles. The van der Waals surface area contributed by atoms with Crippen LogP contribution in [0.25, 0.3) is 0 Å². The Morgan fingerprint density at radius 3 is 3.00 bits per heavy atom. The smallest absolute Gasteiger partial charge is 0.149 e. The molecule has 72 valence electrons. The maximum atomic E-state index is 11.4. The van der Waals surface area contributed by atoms with Gasteiger partial charge in [0, 0.05) is 11.6 Å². The van der Waals surface area contributed by atoms with Crippen LogP contribution in [0.3, 0.4) is 0 Å². The van der Waals surface area contributed by atoms with Crippen molar-refractivity contribution in [3.8, 4) is 0 Å². The molecule has 1 aromatic rings. The van der Waals surface area contributed by atoms with Crippen molar-refractivity contribution < 1.29 is 4.79 Å². The number of rotatable bonds is 5. The molecule has 1 heterocycles. The summed E-state index contributed by atoms with van der Waals surface area (Å²) in [5.74, 6) is 0.880. The van der Waals surface area contributed by atoms with Gasteiger partial charge in [-0.1, -0.05) is 13.8 Å². The van der Waals surface area contributed by atoms with E-state index in [1.54, 1.807) is 29.3 Å². The van der Waals surface area contributed by atoms with E-state index in [4.69, 9.17) is 0 Å². The number of Topliss-reactive ketones (excluding diaryl/α,β-unsaturated/α-hetero) is 1. The van der Waals surface area contributed by atoms with E-state index in [1.807, 2.05) is 5.38 Å². The number of thioether (sulfide) groups is 1. The van der Waals surface area contributed by atoms with Crippen LogP contribution in [-0.2, 0) is 11.2 Å². The van der Waals surface area contributed by atoms with E-state index in [1.165, 1.54) is 0 Å². The Bertz CT molecular complexity index is 257. The summed E-state index contributed by atoms with van der Waals surface area (Å²) in [4.78, 5) is 15.4. The summed E-state index contributed by atoms with van der Waals surface area (Å²) in [5.41, 5.74) is 0. The van der Waals surface area contributed by atoms with E-state index in [9.17, 15) is 4.79 Å². The highest BCUT2D eigenvalue weighted by atomic mass is 32.2. The van der Waals surface area contributed by atoms with Gasteiger partial charge in [0.1, 0.15) is 5.78 Å². The first-order valence-corrected chi connectivity index (χ1v) is 6.13. The van der Waals surface area contributed by atoms with Gasteiger partial charge in [0.05, 0.1) is 17.2 Å². The Labute approximate surface area is 86.8 Å². The third-order valence-electron chi connectivity index (χ3n) is 1.41. The van der Waals surface area contributed by atoms with E-state index in [0.29, 0.717) is 17.4 Å². The number of ketones is 1. The first-order chi connectivity index (χ1) is 6.18. The molecule has 0 N–H and O–H groups in total. The van der Waals surface area contributed by atoms with Gasteiger partial charge in [-0.05, 0) is 5.25 Å². The molecular weight excluding hydrogens is 202 g/mol. The maximum Gasteiger partial charge on any atom is 0.149 e. The summed E-state index contributed by atoms with van der Waals surface area (Å²) < 4.78 is 0. The number of nitrogens with zero attached hydrogens (tertiary/aromatic N) is 1. The quantitative estimate of drug-likeness (QED) is 0.755. The summed E-state index contributed by atoms with van der Waals surface area (Å²) in [6.45, 7) is 4.20. The zero-order valence-electron chi connectivity index (χ0n) is 7.82. The van der Waals surface area contributed by atoms with Crippen LogP contribution in [0.4, 0.5) is 0 Å². The minimum Gasteiger partial charge on any atom is -0.298 e. The Morgan fingerprint density at radius 2 is 2.46 bits per heavy atom. The summed E-state index contributed by atoms with van der Waals surface area (Å²) >= 11 is 3.23. The zero-order valence-corrected chi connectivity index (χ0v) is 9.45. The average Bonchev–Trinajstić information content (AvgIpc) is 2.53. The molecule has 0 atom stereocenters. The third-order valence-corrected chi connectivity index (χ3v) is 3.34. The molecule has 0 saturated carbocycles. The maximum absolute atomic E-state index is 11.4. The van der Waals surface area contributed by atoms with Crippen molar-refractivity contribution >= 4 is 28.9 Å². The lowest BCUT2D eigenvalue weighted by Crippen LogP contribution is -2.07. The molecule has 0 aromatic carbocycles. The van der Waals surface area contributed by atoms with E-state index in [0.717, 1.165) is 5.01 Å². The monoisotopic (exact) mass is 215 g/mol. The van der Waals surface area contributed by atoms with Crippen LogP contribution < -0.4 is 0 Å². The van der Waals surface area contributed by atoms with Gasteiger partial charge < -0.3 is 0 Å². The van der Waals surface area contributed by atoms with Crippen molar-refractivity contribution in [3.05, 3.63) is 16.6 Å². The number of thiazole rings is 1. The van der Waals surface area contributed by atoms with Crippen molar-refractivity contribution in [1.29, 1.82) is 0 Å². The van der Waals surface area contributed by atoms with Crippen LogP contribution in [-0.4, -0.2) is 21.8 Å². The Hall–Kier alpha value is -0.350. The highest BCUT2D eigenvalue weighted by Crippen LogP contribution is 2.11. The topological polar surface area (TPSA) is 30.0 Å². The van der Waals surface area contributed by atoms with Crippen LogP contribution >= 0.6 is 23.1 Å². The molecule has 0 bridgehead atoms. The predicted octanol–water partition coefficient (Wildman–Crippen LogP) is 2.40. The summed E-state index contributed by atoms with van der Waals surface area (Å²) in [6.07, 6.45) is 2.24. The third kappa shape index (κ3) is 4.43. The number of hydrogen-bond donors (Lipinski definition) is 0. The van der Waals surface area contributed by atoms with Crippen LogP contribution in [0.2, 0.25) is 0 Å². The largest absolute Gasteiger partial charge is 0.298 e. The van der Waals surface area contributed by atoms with Gasteiger partial charge in [0.2, 0.25) is 0 Å². The number of carbonyl (C=O) groups excluding carboxylic acids is 1. The Balaban J connectivity index is 2.26. The lowest BCUT2D eigenvalue weighted by molar-refractivity contribution is -0.116. The fourth-order valence-electron chi connectivity index (χ4n) is 0.820. The van der Waals surface area contributed by atoms with E-state index >= 15 is 0 Å². The molecule has 0 unspecified atom stereocenters. The second-order valence-electron chi connectivity index (χ2n) is 3.00. The highest BCUT2D eigenvalue weighted by Gasteiger charge is 2.06. The molecular formula is C9H13NOS2. The van der Waals surface area contributed by atoms with Crippen molar-refractivity contribution in [1.82, 2.24) is 4.98 Å². The SMILES string of the molecule is CC(C)SCC(=O)Cc1nccs1. The number of hydrogen-bond acceptors (Lipinski definition) is 4. The minimum absolute atomic E-state index is 0.272. The highest BCUT2D eigenvalue weighted by molar-refractivity contribution is 8.00. The van der Waals surface area contributed by atoms with Crippen molar-refractivity contribution in [2.24, 2.45) is 0 Å². The fraction of sp³-hybridized carbons (Fsp3) is 0.556. The molecule has 0 saturated heterocycles. The molecule has 0 aliphatic carbocycles. The molecule has 0 spiro atoms. The van der Waals surface area contributed by atoms with Gasteiger partial charge in [0.25, 0.3) is 0 Å². The molecule has 0 amide bonds. The van der Waals surface area contributed by atoms with E-state index in [2.05, 4.69) is 18.8 Å². The van der Waals surface area contributed by atoms with Crippen molar-refractivity contribution in [2.45, 2.75) is 25.5 Å².